The molecule has 26 heavy (non-hydrogen) atoms. The van der Waals surface area contributed by atoms with Crippen molar-refractivity contribution < 1.29 is 18.4 Å². The van der Waals surface area contributed by atoms with Crippen molar-refractivity contribution in [3.05, 3.63) is 35.4 Å². The summed E-state index contributed by atoms with van der Waals surface area (Å²) < 4.78 is 29.7. The third-order valence-electron chi connectivity index (χ3n) is 4.23. The van der Waals surface area contributed by atoms with Crippen LogP contribution in [-0.2, 0) is 16.1 Å². The van der Waals surface area contributed by atoms with Gasteiger partial charge in [-0.3, -0.25) is 4.90 Å². The first kappa shape index (κ1) is 20.7. The largest absolute Gasteiger partial charge is 0.382 e. The van der Waals surface area contributed by atoms with E-state index < -0.39 is 0 Å². The summed E-state index contributed by atoms with van der Waals surface area (Å²) in [6, 6.07) is 4.78. The van der Waals surface area contributed by atoms with E-state index in [0.717, 1.165) is 19.6 Å². The lowest BCUT2D eigenvalue weighted by Gasteiger charge is -2.30. The molecule has 3 rings (SSSR count). The Morgan fingerprint density at radius 1 is 1.38 bits per heavy atom. The van der Waals surface area contributed by atoms with E-state index in [1.165, 1.54) is 6.07 Å². The number of methoxy groups -OCH3 is 1. The minimum absolute atomic E-state index is 0. The lowest BCUT2D eigenvalue weighted by atomic mass is 10.1. The lowest BCUT2D eigenvalue weighted by molar-refractivity contribution is 0.0604. The van der Waals surface area contributed by atoms with E-state index in [0.29, 0.717) is 36.1 Å². The zero-order chi connectivity index (χ0) is 17.6. The van der Waals surface area contributed by atoms with Gasteiger partial charge < -0.3 is 19.3 Å². The number of benzene rings is 1. The SMILES string of the molecule is COCCOCc1cc(-c2nc(C3CNCCN3C)no2)ccc1F.Cl. The van der Waals surface area contributed by atoms with E-state index >= 15 is 0 Å². The average Bonchev–Trinajstić information content (AvgIpc) is 3.10. The second kappa shape index (κ2) is 9.94. The van der Waals surface area contributed by atoms with E-state index in [1.54, 1.807) is 19.2 Å². The number of likely N-dealkylation sites (N-methyl/N-ethyl adjacent to an activating group) is 1. The standard InChI is InChI=1S/C17H23FN4O3.ClH/c1-22-6-5-19-10-15(22)16-20-17(25-21-16)12-3-4-14(18)13(9-12)11-24-8-7-23-2;/h3-4,9,15,19H,5-8,10-11H2,1-2H3;1H. The van der Waals surface area contributed by atoms with Crippen LogP contribution in [0.5, 0.6) is 0 Å². The number of aromatic nitrogens is 2. The van der Waals surface area contributed by atoms with Gasteiger partial charge in [0.05, 0.1) is 25.9 Å². The maximum atomic E-state index is 13.9. The van der Waals surface area contributed by atoms with Crippen LogP contribution in [0.25, 0.3) is 11.5 Å². The minimum atomic E-state index is -0.322. The van der Waals surface area contributed by atoms with Crippen molar-refractivity contribution in [3.8, 4) is 11.5 Å². The highest BCUT2D eigenvalue weighted by atomic mass is 35.5. The Morgan fingerprint density at radius 2 is 2.23 bits per heavy atom. The quantitative estimate of drug-likeness (QED) is 0.730. The van der Waals surface area contributed by atoms with Crippen molar-refractivity contribution in [2.45, 2.75) is 12.6 Å². The fourth-order valence-electron chi connectivity index (χ4n) is 2.72. The fourth-order valence-corrected chi connectivity index (χ4v) is 2.72. The van der Waals surface area contributed by atoms with Crippen LogP contribution >= 0.6 is 12.4 Å². The first-order valence-electron chi connectivity index (χ1n) is 8.29. The van der Waals surface area contributed by atoms with Gasteiger partial charge in [0.2, 0.25) is 0 Å². The molecule has 1 saturated heterocycles. The Kier molecular flexibility index (Phi) is 7.92. The van der Waals surface area contributed by atoms with Crippen LogP contribution in [0, 0.1) is 5.82 Å². The first-order chi connectivity index (χ1) is 12.2. The number of hydrogen-bond donors (Lipinski definition) is 1. The number of halogens is 2. The third-order valence-corrected chi connectivity index (χ3v) is 4.23. The van der Waals surface area contributed by atoms with Crippen molar-refractivity contribution in [1.29, 1.82) is 0 Å². The Labute approximate surface area is 158 Å². The van der Waals surface area contributed by atoms with Crippen molar-refractivity contribution >= 4 is 12.4 Å². The van der Waals surface area contributed by atoms with Crippen molar-refractivity contribution in [1.82, 2.24) is 20.4 Å². The summed E-state index contributed by atoms with van der Waals surface area (Å²) in [7, 11) is 3.63. The summed E-state index contributed by atoms with van der Waals surface area (Å²) in [5.74, 6) is 0.691. The number of ether oxygens (including phenoxy) is 2. The Balaban J connectivity index is 0.00000243. The number of hydrogen-bond acceptors (Lipinski definition) is 7. The second-order valence-electron chi connectivity index (χ2n) is 6.01. The van der Waals surface area contributed by atoms with Crippen molar-refractivity contribution in [2.75, 3.05) is 47.0 Å². The van der Waals surface area contributed by atoms with Gasteiger partial charge in [-0.2, -0.15) is 4.98 Å². The van der Waals surface area contributed by atoms with Gasteiger partial charge in [0, 0.05) is 37.9 Å². The van der Waals surface area contributed by atoms with Crippen molar-refractivity contribution in [3.63, 3.8) is 0 Å². The Morgan fingerprint density at radius 3 is 3.00 bits per heavy atom. The molecule has 9 heteroatoms. The molecule has 0 aliphatic carbocycles. The maximum absolute atomic E-state index is 13.9. The lowest BCUT2D eigenvalue weighted by Crippen LogP contribution is -2.44. The molecule has 1 aromatic carbocycles. The molecule has 1 atom stereocenters. The molecule has 0 amide bonds. The molecule has 1 unspecified atom stereocenters. The number of nitrogens with zero attached hydrogens (tertiary/aromatic N) is 3. The summed E-state index contributed by atoms with van der Waals surface area (Å²) in [5, 5.41) is 7.42. The van der Waals surface area contributed by atoms with Crippen LogP contribution < -0.4 is 5.32 Å². The fraction of sp³-hybridized carbons (Fsp3) is 0.529. The van der Waals surface area contributed by atoms with Crippen LogP contribution in [0.4, 0.5) is 4.39 Å². The molecule has 1 aromatic heterocycles. The summed E-state index contributed by atoms with van der Waals surface area (Å²) in [5.41, 5.74) is 1.13. The van der Waals surface area contributed by atoms with E-state index in [1.807, 2.05) is 7.05 Å². The molecule has 2 heterocycles. The third kappa shape index (κ3) is 4.99. The maximum Gasteiger partial charge on any atom is 0.257 e. The topological polar surface area (TPSA) is 72.7 Å². The average molecular weight is 387 g/mol. The summed E-state index contributed by atoms with van der Waals surface area (Å²) >= 11 is 0. The molecule has 0 bridgehead atoms. The molecule has 0 saturated carbocycles. The van der Waals surface area contributed by atoms with Gasteiger partial charge in [0.1, 0.15) is 5.82 Å². The zero-order valence-electron chi connectivity index (χ0n) is 14.9. The van der Waals surface area contributed by atoms with Crippen LogP contribution in [0.3, 0.4) is 0 Å². The van der Waals surface area contributed by atoms with Gasteiger partial charge in [-0.1, -0.05) is 5.16 Å². The highest BCUT2D eigenvalue weighted by Gasteiger charge is 2.25. The smallest absolute Gasteiger partial charge is 0.257 e. The predicted molar refractivity (Wildman–Crippen MR) is 96.7 cm³/mol. The molecule has 0 spiro atoms. The van der Waals surface area contributed by atoms with Gasteiger partial charge in [0.25, 0.3) is 5.89 Å². The molecule has 2 aromatic rings. The van der Waals surface area contributed by atoms with Crippen LogP contribution in [-0.4, -0.2) is 62.0 Å². The molecule has 1 fully saturated rings. The normalized spacial score (nSPS) is 17.9. The molecular formula is C17H24ClFN4O3. The molecule has 1 aliphatic heterocycles. The van der Waals surface area contributed by atoms with E-state index in [-0.39, 0.29) is 30.9 Å². The first-order valence-corrected chi connectivity index (χ1v) is 8.29. The van der Waals surface area contributed by atoms with E-state index in [4.69, 9.17) is 14.0 Å². The van der Waals surface area contributed by atoms with Gasteiger partial charge in [-0.15, -0.1) is 12.4 Å². The van der Waals surface area contributed by atoms with Crippen LogP contribution in [0.1, 0.15) is 17.4 Å². The number of rotatable bonds is 7. The number of nitrogens with one attached hydrogen (secondary N) is 1. The Bertz CT molecular complexity index is 700. The molecular weight excluding hydrogens is 363 g/mol. The van der Waals surface area contributed by atoms with Gasteiger partial charge in [-0.25, -0.2) is 4.39 Å². The summed E-state index contributed by atoms with van der Waals surface area (Å²) in [6.45, 7) is 3.69. The van der Waals surface area contributed by atoms with Gasteiger partial charge in [-0.05, 0) is 25.2 Å². The Hall–Kier alpha value is -1.58. The van der Waals surface area contributed by atoms with Crippen LogP contribution in [0.15, 0.2) is 22.7 Å². The minimum Gasteiger partial charge on any atom is -0.382 e. The number of piperazine rings is 1. The van der Waals surface area contributed by atoms with Gasteiger partial charge >= 0.3 is 0 Å². The molecule has 1 aliphatic rings. The van der Waals surface area contributed by atoms with Gasteiger partial charge in [0.15, 0.2) is 5.82 Å². The molecule has 7 nitrogen and oxygen atoms in total. The van der Waals surface area contributed by atoms with Crippen molar-refractivity contribution in [2.24, 2.45) is 0 Å². The highest BCUT2D eigenvalue weighted by Crippen LogP contribution is 2.24. The van der Waals surface area contributed by atoms with Crippen LogP contribution in [0.2, 0.25) is 0 Å². The molecule has 144 valence electrons. The van der Waals surface area contributed by atoms with E-state index in [9.17, 15) is 4.39 Å². The highest BCUT2D eigenvalue weighted by molar-refractivity contribution is 5.85. The van der Waals surface area contributed by atoms with E-state index in [2.05, 4.69) is 20.4 Å². The predicted octanol–water partition coefficient (Wildman–Crippen LogP) is 2.04. The molecule has 1 N–H and O–H groups in total. The summed E-state index contributed by atoms with van der Waals surface area (Å²) in [6.07, 6.45) is 0. The zero-order valence-corrected chi connectivity index (χ0v) is 15.7. The molecule has 0 radical (unpaired) electrons. The summed E-state index contributed by atoms with van der Waals surface area (Å²) in [4.78, 5) is 6.68. The monoisotopic (exact) mass is 386 g/mol. The second-order valence-corrected chi connectivity index (χ2v) is 6.01.